The maximum absolute atomic E-state index is 11.8. The number of hydrogen-bond donors (Lipinski definition) is 3. The molecule has 0 bridgehead atoms. The highest BCUT2D eigenvalue weighted by atomic mass is 35.5. The Morgan fingerprint density at radius 1 is 1.22 bits per heavy atom. The third-order valence-corrected chi connectivity index (χ3v) is 3.69. The van der Waals surface area contributed by atoms with Crippen molar-refractivity contribution < 1.29 is 4.79 Å². The lowest BCUT2D eigenvalue weighted by molar-refractivity contribution is -0.128. The van der Waals surface area contributed by atoms with Crippen LogP contribution in [0.3, 0.4) is 0 Å². The molecule has 0 aliphatic heterocycles. The quantitative estimate of drug-likeness (QED) is 0.527. The van der Waals surface area contributed by atoms with Crippen LogP contribution in [-0.4, -0.2) is 38.5 Å². The van der Waals surface area contributed by atoms with Gasteiger partial charge in [-0.15, -0.1) is 0 Å². The average molecular weight is 339 g/mol. The second kappa shape index (κ2) is 9.40. The van der Waals surface area contributed by atoms with Crippen LogP contribution in [0.2, 0.25) is 5.02 Å². The molecule has 0 radical (unpaired) electrons. The largest absolute Gasteiger partial charge is 0.359 e. The number of guanidine groups is 1. The lowest BCUT2D eigenvalue weighted by Crippen LogP contribution is -2.41. The fraction of sp³-hybridized carbons (Fsp3) is 0.529. The van der Waals surface area contributed by atoms with E-state index in [1.54, 1.807) is 7.05 Å². The first-order chi connectivity index (χ1) is 10.9. The van der Waals surface area contributed by atoms with Crippen molar-refractivity contribution in [1.29, 1.82) is 0 Å². The zero-order valence-electron chi connectivity index (χ0n) is 14.4. The van der Waals surface area contributed by atoms with Crippen molar-refractivity contribution in [2.45, 2.75) is 27.2 Å². The van der Waals surface area contributed by atoms with E-state index in [-0.39, 0.29) is 5.91 Å². The third kappa shape index (κ3) is 6.91. The molecule has 1 rings (SSSR count). The summed E-state index contributed by atoms with van der Waals surface area (Å²) in [5.74, 6) is 0.705. The summed E-state index contributed by atoms with van der Waals surface area (Å²) in [7, 11) is 1.64. The molecule has 0 aliphatic rings. The van der Waals surface area contributed by atoms with Crippen molar-refractivity contribution in [3.63, 3.8) is 0 Å². The van der Waals surface area contributed by atoms with Crippen molar-refractivity contribution >= 4 is 23.5 Å². The van der Waals surface area contributed by atoms with Crippen LogP contribution < -0.4 is 16.0 Å². The first-order valence-corrected chi connectivity index (χ1v) is 8.25. The number of nitrogens with zero attached hydrogens (tertiary/aromatic N) is 1. The summed E-state index contributed by atoms with van der Waals surface area (Å²) in [6, 6.07) is 7.82. The summed E-state index contributed by atoms with van der Waals surface area (Å²) in [5, 5.41) is 9.90. The molecule has 0 heterocycles. The molecule has 1 aromatic carbocycles. The van der Waals surface area contributed by atoms with E-state index in [0.29, 0.717) is 6.54 Å². The third-order valence-electron chi connectivity index (χ3n) is 3.44. The molecule has 1 aromatic rings. The van der Waals surface area contributed by atoms with E-state index in [1.807, 2.05) is 45.0 Å². The molecule has 0 saturated heterocycles. The van der Waals surface area contributed by atoms with E-state index in [2.05, 4.69) is 20.9 Å². The number of nitrogens with one attached hydrogen (secondary N) is 3. The number of aliphatic imine (C=N–C) groups is 1. The van der Waals surface area contributed by atoms with E-state index >= 15 is 0 Å². The van der Waals surface area contributed by atoms with Crippen LogP contribution in [0.25, 0.3) is 0 Å². The first-order valence-electron chi connectivity index (χ1n) is 7.88. The summed E-state index contributed by atoms with van der Waals surface area (Å²) < 4.78 is 0. The van der Waals surface area contributed by atoms with Gasteiger partial charge in [0.15, 0.2) is 5.96 Å². The van der Waals surface area contributed by atoms with Crippen LogP contribution in [0.1, 0.15) is 26.3 Å². The molecule has 0 atom stereocenters. The normalized spacial score (nSPS) is 12.0. The molecular formula is C17H27ClN4O. The van der Waals surface area contributed by atoms with E-state index < -0.39 is 5.41 Å². The fourth-order valence-electron chi connectivity index (χ4n) is 2.00. The van der Waals surface area contributed by atoms with E-state index in [4.69, 9.17) is 11.6 Å². The topological polar surface area (TPSA) is 65.5 Å². The Bertz CT molecular complexity index is 526. The highest BCUT2D eigenvalue weighted by Gasteiger charge is 2.26. The Morgan fingerprint density at radius 2 is 1.87 bits per heavy atom. The second-order valence-corrected chi connectivity index (χ2v) is 6.40. The van der Waals surface area contributed by atoms with Gasteiger partial charge in [0, 0.05) is 25.2 Å². The molecule has 23 heavy (non-hydrogen) atoms. The summed E-state index contributed by atoms with van der Waals surface area (Å²) in [6.45, 7) is 7.73. The molecule has 0 unspecified atom stereocenters. The standard InChI is InChI=1S/C17H27ClN4O/c1-5-20-16(22-12-17(2,3)15(23)19-4)21-11-10-13-6-8-14(18)9-7-13/h6-9H,5,10-12H2,1-4H3,(H,19,23)(H2,20,21,22). The van der Waals surface area contributed by atoms with Gasteiger partial charge in [0.1, 0.15) is 0 Å². The second-order valence-electron chi connectivity index (χ2n) is 5.96. The molecule has 6 heteroatoms. The molecule has 3 N–H and O–H groups in total. The summed E-state index contributed by atoms with van der Waals surface area (Å²) >= 11 is 5.88. The summed E-state index contributed by atoms with van der Waals surface area (Å²) in [6.07, 6.45) is 0.875. The van der Waals surface area contributed by atoms with Gasteiger partial charge in [-0.3, -0.25) is 9.79 Å². The van der Waals surface area contributed by atoms with Crippen molar-refractivity contribution in [1.82, 2.24) is 16.0 Å². The molecular weight excluding hydrogens is 312 g/mol. The number of rotatable bonds is 7. The van der Waals surface area contributed by atoms with Gasteiger partial charge in [0.2, 0.25) is 5.91 Å². The molecule has 1 amide bonds. The van der Waals surface area contributed by atoms with Gasteiger partial charge >= 0.3 is 0 Å². The predicted octanol–water partition coefficient (Wildman–Crippen LogP) is 2.21. The molecule has 0 spiro atoms. The van der Waals surface area contributed by atoms with Crippen LogP contribution in [0.5, 0.6) is 0 Å². The zero-order chi connectivity index (χ0) is 17.3. The zero-order valence-corrected chi connectivity index (χ0v) is 15.1. The minimum Gasteiger partial charge on any atom is -0.359 e. The van der Waals surface area contributed by atoms with Crippen molar-refractivity contribution in [2.75, 3.05) is 26.7 Å². The lowest BCUT2D eigenvalue weighted by atomic mass is 9.93. The average Bonchev–Trinajstić information content (AvgIpc) is 2.53. The van der Waals surface area contributed by atoms with Crippen molar-refractivity contribution in [3.05, 3.63) is 34.9 Å². The Morgan fingerprint density at radius 3 is 2.43 bits per heavy atom. The number of hydrogen-bond acceptors (Lipinski definition) is 2. The van der Waals surface area contributed by atoms with E-state index in [1.165, 1.54) is 5.56 Å². The lowest BCUT2D eigenvalue weighted by Gasteiger charge is -2.21. The summed E-state index contributed by atoms with van der Waals surface area (Å²) in [5.41, 5.74) is 0.677. The van der Waals surface area contributed by atoms with Gasteiger partial charge in [0.25, 0.3) is 0 Å². The van der Waals surface area contributed by atoms with Gasteiger partial charge in [-0.2, -0.15) is 0 Å². The van der Waals surface area contributed by atoms with E-state index in [0.717, 1.165) is 30.5 Å². The minimum absolute atomic E-state index is 0.0155. The van der Waals surface area contributed by atoms with Gasteiger partial charge < -0.3 is 16.0 Å². The van der Waals surface area contributed by atoms with Gasteiger partial charge in [-0.05, 0) is 44.9 Å². The van der Waals surface area contributed by atoms with Crippen LogP contribution in [0, 0.1) is 5.41 Å². The molecule has 5 nitrogen and oxygen atoms in total. The van der Waals surface area contributed by atoms with Gasteiger partial charge in [0.05, 0.1) is 12.0 Å². The number of amides is 1. The van der Waals surface area contributed by atoms with E-state index in [9.17, 15) is 4.79 Å². The first kappa shape index (κ1) is 19.3. The Hall–Kier alpha value is -1.75. The van der Waals surface area contributed by atoms with Crippen molar-refractivity contribution in [3.8, 4) is 0 Å². The SMILES string of the molecule is CCNC(=NCC(C)(C)C(=O)NC)NCCc1ccc(Cl)cc1. The van der Waals surface area contributed by atoms with Crippen molar-refractivity contribution in [2.24, 2.45) is 10.4 Å². The maximum Gasteiger partial charge on any atom is 0.227 e. The van der Waals surface area contributed by atoms with Crippen LogP contribution >= 0.6 is 11.6 Å². The smallest absolute Gasteiger partial charge is 0.227 e. The molecule has 0 saturated carbocycles. The number of carbonyl (C=O) groups is 1. The van der Waals surface area contributed by atoms with Crippen LogP contribution in [0.4, 0.5) is 0 Å². The molecule has 128 valence electrons. The van der Waals surface area contributed by atoms with Gasteiger partial charge in [-0.1, -0.05) is 23.7 Å². The Kier molecular flexibility index (Phi) is 7.89. The fourth-order valence-corrected chi connectivity index (χ4v) is 2.13. The highest BCUT2D eigenvalue weighted by molar-refractivity contribution is 6.30. The Balaban J connectivity index is 2.55. The number of halogens is 1. The maximum atomic E-state index is 11.8. The minimum atomic E-state index is -0.534. The van der Waals surface area contributed by atoms with Crippen LogP contribution in [-0.2, 0) is 11.2 Å². The molecule has 0 aromatic heterocycles. The van der Waals surface area contributed by atoms with Gasteiger partial charge in [-0.25, -0.2) is 0 Å². The highest BCUT2D eigenvalue weighted by Crippen LogP contribution is 2.15. The van der Waals surface area contributed by atoms with Crippen LogP contribution in [0.15, 0.2) is 29.3 Å². The molecule has 0 aliphatic carbocycles. The monoisotopic (exact) mass is 338 g/mol. The predicted molar refractivity (Wildman–Crippen MR) is 97.0 cm³/mol. The number of carbonyl (C=O) groups excluding carboxylic acids is 1. The molecule has 0 fully saturated rings. The summed E-state index contributed by atoms with van der Waals surface area (Å²) in [4.78, 5) is 16.3. The number of benzene rings is 1. The Labute approximate surface area is 143 Å².